The maximum Gasteiger partial charge on any atom is 0.174 e. The summed E-state index contributed by atoms with van der Waals surface area (Å²) in [5.74, 6) is 0.919. The van der Waals surface area contributed by atoms with E-state index < -0.39 is 0 Å². The number of rotatable bonds is 6. The maximum absolute atomic E-state index is 4.61. The second-order valence-electron chi connectivity index (χ2n) is 9.14. The van der Waals surface area contributed by atoms with Crippen molar-refractivity contribution in [2.75, 3.05) is 26.2 Å². The molecule has 1 saturated carbocycles. The van der Waals surface area contributed by atoms with E-state index in [2.05, 4.69) is 66.7 Å². The first-order valence-corrected chi connectivity index (χ1v) is 12.8. The Morgan fingerprint density at radius 1 is 0.970 bits per heavy atom. The number of benzene rings is 1. The summed E-state index contributed by atoms with van der Waals surface area (Å²) in [5.41, 5.74) is 1.20. The highest BCUT2D eigenvalue weighted by Gasteiger charge is 2.33. The summed E-state index contributed by atoms with van der Waals surface area (Å²) in [6.07, 6.45) is 7.16. The van der Waals surface area contributed by atoms with E-state index in [9.17, 15) is 0 Å². The zero-order valence-electron chi connectivity index (χ0n) is 18.8. The SMILES string of the molecule is c1ccc(Cn2nnnc2C(c2cc3cccnc3s2)N2CCCN(C3CCC3)CC2)cc1. The fraction of sp³-hybridized carbons (Fsp3) is 0.440. The Bertz CT molecular complexity index is 1170. The molecular weight excluding hydrogens is 430 g/mol. The lowest BCUT2D eigenvalue weighted by Crippen LogP contribution is -2.42. The van der Waals surface area contributed by atoms with Gasteiger partial charge in [0, 0.05) is 42.1 Å². The second-order valence-corrected chi connectivity index (χ2v) is 10.2. The molecule has 1 unspecified atom stereocenters. The molecular formula is C25H29N7S. The molecule has 170 valence electrons. The highest BCUT2D eigenvalue weighted by atomic mass is 32.1. The molecule has 8 heteroatoms. The molecule has 1 saturated heterocycles. The highest BCUT2D eigenvalue weighted by molar-refractivity contribution is 7.18. The average Bonchev–Trinajstić information content (AvgIpc) is 3.36. The molecule has 0 radical (unpaired) electrons. The number of thiophene rings is 1. The van der Waals surface area contributed by atoms with Crippen molar-refractivity contribution in [3.8, 4) is 0 Å². The lowest BCUT2D eigenvalue weighted by atomic mass is 9.91. The Labute approximate surface area is 198 Å². The molecule has 1 aromatic carbocycles. The summed E-state index contributed by atoms with van der Waals surface area (Å²) < 4.78 is 1.98. The van der Waals surface area contributed by atoms with E-state index in [0.717, 1.165) is 36.3 Å². The lowest BCUT2D eigenvalue weighted by molar-refractivity contribution is 0.128. The monoisotopic (exact) mass is 459 g/mol. The number of nitrogens with zero attached hydrogens (tertiary/aromatic N) is 7. The number of hydrogen-bond acceptors (Lipinski definition) is 7. The van der Waals surface area contributed by atoms with Crippen LogP contribution in [0.3, 0.4) is 0 Å². The van der Waals surface area contributed by atoms with Gasteiger partial charge in [-0.1, -0.05) is 42.8 Å². The molecule has 4 aromatic rings. The number of aromatic nitrogens is 5. The van der Waals surface area contributed by atoms with Crippen LogP contribution in [-0.2, 0) is 6.54 Å². The highest BCUT2D eigenvalue weighted by Crippen LogP contribution is 2.36. The third-order valence-corrected chi connectivity index (χ3v) is 8.19. The molecule has 3 aromatic heterocycles. The summed E-state index contributed by atoms with van der Waals surface area (Å²) >= 11 is 1.77. The molecule has 7 nitrogen and oxygen atoms in total. The number of pyridine rings is 1. The van der Waals surface area contributed by atoms with Crippen LogP contribution in [0.4, 0.5) is 0 Å². The normalized spacial score (nSPS) is 19.4. The Balaban J connectivity index is 1.35. The molecule has 0 spiro atoms. The fourth-order valence-electron chi connectivity index (χ4n) is 5.11. The van der Waals surface area contributed by atoms with Crippen LogP contribution >= 0.6 is 11.3 Å². The number of fused-ring (bicyclic) bond motifs is 1. The van der Waals surface area contributed by atoms with Gasteiger partial charge >= 0.3 is 0 Å². The van der Waals surface area contributed by atoms with Gasteiger partial charge in [-0.2, -0.15) is 0 Å². The van der Waals surface area contributed by atoms with Crippen LogP contribution in [0, 0.1) is 0 Å². The minimum absolute atomic E-state index is 0.0317. The molecule has 2 fully saturated rings. The van der Waals surface area contributed by atoms with Gasteiger partial charge < -0.3 is 0 Å². The van der Waals surface area contributed by atoms with Crippen molar-refractivity contribution in [3.63, 3.8) is 0 Å². The zero-order chi connectivity index (χ0) is 22.0. The van der Waals surface area contributed by atoms with Gasteiger partial charge in [0.15, 0.2) is 5.82 Å². The van der Waals surface area contributed by atoms with Gasteiger partial charge in [0.1, 0.15) is 10.9 Å². The van der Waals surface area contributed by atoms with E-state index in [0.29, 0.717) is 6.54 Å². The Morgan fingerprint density at radius 3 is 2.70 bits per heavy atom. The summed E-state index contributed by atoms with van der Waals surface area (Å²) in [7, 11) is 0. The first-order valence-electron chi connectivity index (χ1n) is 12.0. The first kappa shape index (κ1) is 20.9. The number of hydrogen-bond donors (Lipinski definition) is 0. The van der Waals surface area contributed by atoms with Crippen molar-refractivity contribution < 1.29 is 0 Å². The predicted octanol–water partition coefficient (Wildman–Crippen LogP) is 3.98. The van der Waals surface area contributed by atoms with Gasteiger partial charge in [-0.3, -0.25) is 9.80 Å². The van der Waals surface area contributed by atoms with Gasteiger partial charge in [0.05, 0.1) is 6.54 Å². The topological polar surface area (TPSA) is 63.0 Å². The molecule has 1 atom stereocenters. The quantitative estimate of drug-likeness (QED) is 0.435. The third kappa shape index (κ3) is 4.30. The summed E-state index contributed by atoms with van der Waals surface area (Å²) in [4.78, 5) is 12.3. The van der Waals surface area contributed by atoms with Gasteiger partial charge in [-0.15, -0.1) is 16.4 Å². The van der Waals surface area contributed by atoms with Crippen molar-refractivity contribution in [1.29, 1.82) is 0 Å². The minimum atomic E-state index is 0.0317. The van der Waals surface area contributed by atoms with Gasteiger partial charge in [-0.25, -0.2) is 9.67 Å². The molecule has 1 aliphatic carbocycles. The van der Waals surface area contributed by atoms with E-state index in [1.807, 2.05) is 23.0 Å². The molecule has 6 rings (SSSR count). The van der Waals surface area contributed by atoms with E-state index in [-0.39, 0.29) is 6.04 Å². The van der Waals surface area contributed by atoms with Crippen molar-refractivity contribution >= 4 is 21.6 Å². The zero-order valence-corrected chi connectivity index (χ0v) is 19.6. The van der Waals surface area contributed by atoms with Crippen molar-refractivity contribution in [3.05, 3.63) is 71.0 Å². The average molecular weight is 460 g/mol. The molecule has 33 heavy (non-hydrogen) atoms. The van der Waals surface area contributed by atoms with E-state index in [1.165, 1.54) is 48.1 Å². The molecule has 4 heterocycles. The molecule has 1 aliphatic heterocycles. The van der Waals surface area contributed by atoms with E-state index in [1.54, 1.807) is 11.3 Å². The smallest absolute Gasteiger partial charge is 0.174 e. The molecule has 0 N–H and O–H groups in total. The fourth-order valence-corrected chi connectivity index (χ4v) is 6.24. The third-order valence-electron chi connectivity index (χ3n) is 7.08. The van der Waals surface area contributed by atoms with Crippen molar-refractivity contribution in [1.82, 2.24) is 35.0 Å². The molecule has 2 aliphatic rings. The summed E-state index contributed by atoms with van der Waals surface area (Å²) in [5, 5.41) is 14.3. The number of tetrazole rings is 1. The molecule has 0 amide bonds. The van der Waals surface area contributed by atoms with Crippen LogP contribution in [0.15, 0.2) is 54.7 Å². The minimum Gasteiger partial charge on any atom is -0.299 e. The van der Waals surface area contributed by atoms with E-state index in [4.69, 9.17) is 0 Å². The van der Waals surface area contributed by atoms with Crippen LogP contribution in [0.5, 0.6) is 0 Å². The second kappa shape index (κ2) is 9.29. The van der Waals surface area contributed by atoms with E-state index >= 15 is 0 Å². The Hall–Kier alpha value is -2.68. The van der Waals surface area contributed by atoms with Crippen molar-refractivity contribution in [2.24, 2.45) is 0 Å². The predicted molar refractivity (Wildman–Crippen MR) is 130 cm³/mol. The van der Waals surface area contributed by atoms with Crippen molar-refractivity contribution in [2.45, 2.75) is 44.3 Å². The maximum atomic E-state index is 4.61. The van der Waals surface area contributed by atoms with Crippen LogP contribution in [0.1, 0.15) is 48.0 Å². The summed E-state index contributed by atoms with van der Waals surface area (Å²) in [6.45, 7) is 5.06. The lowest BCUT2D eigenvalue weighted by Gasteiger charge is -2.37. The van der Waals surface area contributed by atoms with Crippen LogP contribution in [0.2, 0.25) is 0 Å². The first-order chi connectivity index (χ1) is 16.3. The van der Waals surface area contributed by atoms with Gasteiger partial charge in [0.2, 0.25) is 0 Å². The van der Waals surface area contributed by atoms with Crippen LogP contribution in [-0.4, -0.2) is 67.2 Å². The van der Waals surface area contributed by atoms with Crippen LogP contribution in [0.25, 0.3) is 10.2 Å². The van der Waals surface area contributed by atoms with Gasteiger partial charge in [0.25, 0.3) is 0 Å². The van der Waals surface area contributed by atoms with Crippen LogP contribution < -0.4 is 0 Å². The standard InChI is InChI=1S/C25H29N7S/c1-2-7-19(8-3-1)18-32-24(27-28-29-32)23(22-17-20-9-5-12-26-25(20)33-22)31-14-6-13-30(15-16-31)21-10-4-11-21/h1-3,5,7-9,12,17,21,23H,4,6,10-11,13-16,18H2. The Morgan fingerprint density at radius 2 is 1.88 bits per heavy atom. The molecule has 0 bridgehead atoms. The summed E-state index contributed by atoms with van der Waals surface area (Å²) in [6, 6.07) is 17.7. The van der Waals surface area contributed by atoms with Gasteiger partial charge in [-0.05, 0) is 53.9 Å². The largest absolute Gasteiger partial charge is 0.299 e. The Kier molecular flexibility index (Phi) is 5.88.